The third-order valence-corrected chi connectivity index (χ3v) is 2.51. The number of carbonyl (C=O) groups excluding carboxylic acids is 2. The lowest BCUT2D eigenvalue weighted by Crippen LogP contribution is -2.27. The molecule has 0 radical (unpaired) electrons. The van der Waals surface area contributed by atoms with Crippen LogP contribution in [0.2, 0.25) is 5.02 Å². The van der Waals surface area contributed by atoms with Gasteiger partial charge in [-0.15, -0.1) is 0 Å². The minimum Gasteiger partial charge on any atom is -0.366 e. The number of amides is 2. The summed E-state index contributed by atoms with van der Waals surface area (Å²) in [5.41, 5.74) is 5.31. The zero-order valence-corrected chi connectivity index (χ0v) is 10.8. The van der Waals surface area contributed by atoms with Crippen molar-refractivity contribution in [2.45, 2.75) is 20.8 Å². The van der Waals surface area contributed by atoms with E-state index in [0.29, 0.717) is 16.3 Å². The number of halogens is 1. The maximum atomic E-state index is 11.8. The Morgan fingerprint density at radius 2 is 1.88 bits per heavy atom. The molecule has 17 heavy (non-hydrogen) atoms. The summed E-state index contributed by atoms with van der Waals surface area (Å²) >= 11 is 5.93. The van der Waals surface area contributed by atoms with E-state index in [0.717, 1.165) is 0 Å². The molecule has 0 heterocycles. The molecule has 5 heteroatoms. The van der Waals surface area contributed by atoms with E-state index in [1.165, 1.54) is 18.2 Å². The number of anilines is 1. The first-order valence-electron chi connectivity index (χ1n) is 5.12. The first-order valence-corrected chi connectivity index (χ1v) is 5.50. The molecule has 0 aliphatic heterocycles. The Kier molecular flexibility index (Phi) is 3.78. The zero-order valence-electron chi connectivity index (χ0n) is 10.0. The number of benzene rings is 1. The van der Waals surface area contributed by atoms with Crippen LogP contribution < -0.4 is 11.1 Å². The third-order valence-electron chi connectivity index (χ3n) is 2.18. The number of primary amides is 1. The predicted octanol–water partition coefficient (Wildman–Crippen LogP) is 2.42. The van der Waals surface area contributed by atoms with E-state index in [-0.39, 0.29) is 5.91 Å². The van der Waals surface area contributed by atoms with Crippen molar-refractivity contribution in [1.29, 1.82) is 0 Å². The molecule has 1 rings (SSSR count). The van der Waals surface area contributed by atoms with Gasteiger partial charge in [0.05, 0.1) is 10.7 Å². The molecule has 0 bridgehead atoms. The van der Waals surface area contributed by atoms with Gasteiger partial charge in [-0.05, 0) is 18.2 Å². The lowest BCUT2D eigenvalue weighted by molar-refractivity contribution is -0.123. The maximum absolute atomic E-state index is 11.8. The molecule has 0 saturated carbocycles. The number of hydrogen-bond acceptors (Lipinski definition) is 2. The second kappa shape index (κ2) is 4.75. The first kappa shape index (κ1) is 13.5. The van der Waals surface area contributed by atoms with Gasteiger partial charge in [-0.3, -0.25) is 9.59 Å². The van der Waals surface area contributed by atoms with Crippen molar-refractivity contribution >= 4 is 29.1 Å². The highest BCUT2D eigenvalue weighted by atomic mass is 35.5. The second-order valence-corrected chi connectivity index (χ2v) is 5.17. The van der Waals surface area contributed by atoms with Crippen LogP contribution in [0.5, 0.6) is 0 Å². The molecule has 4 nitrogen and oxygen atoms in total. The van der Waals surface area contributed by atoms with Gasteiger partial charge in [-0.1, -0.05) is 32.4 Å². The zero-order chi connectivity index (χ0) is 13.2. The van der Waals surface area contributed by atoms with Crippen LogP contribution in [0.4, 0.5) is 5.69 Å². The van der Waals surface area contributed by atoms with Gasteiger partial charge in [-0.25, -0.2) is 0 Å². The van der Waals surface area contributed by atoms with Gasteiger partial charge in [0, 0.05) is 11.0 Å². The molecule has 0 atom stereocenters. The average molecular weight is 255 g/mol. The van der Waals surface area contributed by atoms with Crippen LogP contribution in [0.1, 0.15) is 31.1 Å². The molecule has 3 N–H and O–H groups in total. The van der Waals surface area contributed by atoms with E-state index in [1.807, 2.05) is 0 Å². The van der Waals surface area contributed by atoms with Gasteiger partial charge in [0.25, 0.3) is 0 Å². The number of hydrogen-bond donors (Lipinski definition) is 2. The Balaban J connectivity index is 3.02. The lowest BCUT2D eigenvalue weighted by Gasteiger charge is -2.18. The maximum Gasteiger partial charge on any atom is 0.248 e. The summed E-state index contributed by atoms with van der Waals surface area (Å²) in [6.45, 7) is 5.36. The highest BCUT2D eigenvalue weighted by molar-refractivity contribution is 6.34. The normalized spacial score (nSPS) is 11.1. The van der Waals surface area contributed by atoms with Gasteiger partial charge in [-0.2, -0.15) is 0 Å². The summed E-state index contributed by atoms with van der Waals surface area (Å²) in [6, 6.07) is 4.51. The van der Waals surface area contributed by atoms with Gasteiger partial charge in [0.15, 0.2) is 0 Å². The monoisotopic (exact) mass is 254 g/mol. The van der Waals surface area contributed by atoms with Crippen molar-refractivity contribution in [3.8, 4) is 0 Å². The smallest absolute Gasteiger partial charge is 0.248 e. The average Bonchev–Trinajstić information content (AvgIpc) is 2.19. The molecule has 0 fully saturated rings. The Bertz CT molecular complexity index is 464. The molecule has 2 amide bonds. The van der Waals surface area contributed by atoms with Crippen molar-refractivity contribution in [3.63, 3.8) is 0 Å². The van der Waals surface area contributed by atoms with Crippen molar-refractivity contribution in [1.82, 2.24) is 0 Å². The molecule has 0 aliphatic rings. The highest BCUT2D eigenvalue weighted by Gasteiger charge is 2.22. The van der Waals surface area contributed by atoms with Crippen LogP contribution in [0, 0.1) is 5.41 Å². The summed E-state index contributed by atoms with van der Waals surface area (Å²) in [5, 5.41) is 3.03. The Labute approximate surface area is 105 Å². The van der Waals surface area contributed by atoms with E-state index >= 15 is 0 Å². The summed E-state index contributed by atoms with van der Waals surface area (Å²) in [5.74, 6) is -0.742. The molecule has 0 unspecified atom stereocenters. The van der Waals surface area contributed by atoms with E-state index in [1.54, 1.807) is 20.8 Å². The fourth-order valence-electron chi connectivity index (χ4n) is 1.08. The van der Waals surface area contributed by atoms with Crippen LogP contribution in [0.15, 0.2) is 18.2 Å². The Hall–Kier alpha value is -1.55. The van der Waals surface area contributed by atoms with E-state index < -0.39 is 11.3 Å². The Morgan fingerprint density at radius 1 is 1.29 bits per heavy atom. The number of nitrogens with one attached hydrogen (secondary N) is 1. The van der Waals surface area contributed by atoms with E-state index in [4.69, 9.17) is 17.3 Å². The molecular formula is C12H15ClN2O2. The van der Waals surface area contributed by atoms with Crippen LogP contribution in [0.25, 0.3) is 0 Å². The van der Waals surface area contributed by atoms with Crippen molar-refractivity contribution in [3.05, 3.63) is 28.8 Å². The lowest BCUT2D eigenvalue weighted by atomic mass is 9.95. The third kappa shape index (κ3) is 3.46. The fourth-order valence-corrected chi connectivity index (χ4v) is 1.25. The minimum atomic E-state index is -0.562. The number of nitrogens with two attached hydrogens (primary N) is 1. The standard InChI is InChI=1S/C12H15ClN2O2/c1-12(2,3)11(17)15-9-6-7(10(14)16)4-5-8(9)13/h4-6H,1-3H3,(H2,14,16)(H,15,17). The molecule has 0 spiro atoms. The Morgan fingerprint density at radius 3 is 2.35 bits per heavy atom. The van der Waals surface area contributed by atoms with Crippen molar-refractivity contribution in [2.24, 2.45) is 11.1 Å². The van der Waals surface area contributed by atoms with E-state index in [2.05, 4.69) is 5.32 Å². The van der Waals surface area contributed by atoms with Gasteiger partial charge in [0.1, 0.15) is 0 Å². The van der Waals surface area contributed by atoms with Crippen LogP contribution in [0.3, 0.4) is 0 Å². The van der Waals surface area contributed by atoms with Crippen LogP contribution >= 0.6 is 11.6 Å². The number of rotatable bonds is 2. The molecule has 0 aromatic heterocycles. The number of carbonyl (C=O) groups is 2. The molecule has 0 aliphatic carbocycles. The van der Waals surface area contributed by atoms with E-state index in [9.17, 15) is 9.59 Å². The molecule has 1 aromatic carbocycles. The van der Waals surface area contributed by atoms with Gasteiger partial charge >= 0.3 is 0 Å². The van der Waals surface area contributed by atoms with Gasteiger partial charge in [0.2, 0.25) is 11.8 Å². The molecular weight excluding hydrogens is 240 g/mol. The minimum absolute atomic E-state index is 0.180. The van der Waals surface area contributed by atoms with Crippen LogP contribution in [-0.4, -0.2) is 11.8 Å². The first-order chi connectivity index (χ1) is 7.71. The summed E-state index contributed by atoms with van der Waals surface area (Å²) in [7, 11) is 0. The second-order valence-electron chi connectivity index (χ2n) is 4.76. The topological polar surface area (TPSA) is 72.2 Å². The molecule has 0 saturated heterocycles. The molecule has 1 aromatic rings. The predicted molar refractivity (Wildman–Crippen MR) is 68.1 cm³/mol. The van der Waals surface area contributed by atoms with Crippen LogP contribution in [-0.2, 0) is 4.79 Å². The molecule has 92 valence electrons. The quantitative estimate of drug-likeness (QED) is 0.851. The summed E-state index contributed by atoms with van der Waals surface area (Å²) in [6.07, 6.45) is 0. The SMILES string of the molecule is CC(C)(C)C(=O)Nc1cc(C(N)=O)ccc1Cl. The largest absolute Gasteiger partial charge is 0.366 e. The van der Waals surface area contributed by atoms with Crippen molar-refractivity contribution < 1.29 is 9.59 Å². The van der Waals surface area contributed by atoms with Gasteiger partial charge < -0.3 is 11.1 Å². The summed E-state index contributed by atoms with van der Waals surface area (Å²) in [4.78, 5) is 22.8. The highest BCUT2D eigenvalue weighted by Crippen LogP contribution is 2.25. The van der Waals surface area contributed by atoms with Crippen molar-refractivity contribution in [2.75, 3.05) is 5.32 Å². The summed E-state index contributed by atoms with van der Waals surface area (Å²) < 4.78 is 0. The fraction of sp³-hybridized carbons (Fsp3) is 0.333.